The first-order chi connectivity index (χ1) is 14.3. The summed E-state index contributed by atoms with van der Waals surface area (Å²) in [7, 11) is 1.63. The topological polar surface area (TPSA) is 81.9 Å². The van der Waals surface area contributed by atoms with Crippen LogP contribution in [0.5, 0.6) is 11.5 Å². The van der Waals surface area contributed by atoms with Gasteiger partial charge in [-0.15, -0.1) is 0 Å². The average Bonchev–Trinajstić information content (AvgIpc) is 2.94. The molecule has 3 rings (SSSR count). The molecule has 0 atom stereocenters. The van der Waals surface area contributed by atoms with E-state index in [1.54, 1.807) is 37.4 Å². The second kappa shape index (κ2) is 9.46. The largest absolute Gasteiger partial charge is 0.490 e. The number of benzene rings is 2. The Hall–Kier alpha value is -2.62. The zero-order chi connectivity index (χ0) is 21.8. The zero-order valence-corrected chi connectivity index (χ0v) is 18.5. The van der Waals surface area contributed by atoms with Crippen molar-refractivity contribution in [2.24, 2.45) is 0 Å². The second-order valence-corrected chi connectivity index (χ2v) is 8.30. The first kappa shape index (κ1) is 22.1. The van der Waals surface area contributed by atoms with Crippen LogP contribution in [0.25, 0.3) is 6.08 Å². The monoisotopic (exact) mass is 464 g/mol. The molecule has 1 heterocycles. The molecule has 0 bridgehead atoms. The molecule has 0 aliphatic carbocycles. The SMILES string of the molecule is CCOc1cc(/C=C2\SC(=S)N(C)C2=O)cc(Cl)c1OCc1ccc([N+](=O)[O-])cc1. The molecule has 1 aliphatic rings. The van der Waals surface area contributed by atoms with Crippen molar-refractivity contribution in [2.45, 2.75) is 13.5 Å². The number of carbonyl (C=O) groups is 1. The van der Waals surface area contributed by atoms with Gasteiger partial charge >= 0.3 is 0 Å². The molecule has 0 spiro atoms. The van der Waals surface area contributed by atoms with E-state index >= 15 is 0 Å². The fraction of sp³-hybridized carbons (Fsp3) is 0.200. The van der Waals surface area contributed by atoms with Crippen molar-refractivity contribution in [3.8, 4) is 11.5 Å². The molecule has 1 fully saturated rings. The third-order valence-electron chi connectivity index (χ3n) is 4.15. The van der Waals surface area contributed by atoms with Gasteiger partial charge < -0.3 is 9.47 Å². The predicted molar refractivity (Wildman–Crippen MR) is 121 cm³/mol. The zero-order valence-electron chi connectivity index (χ0n) is 16.1. The van der Waals surface area contributed by atoms with Crippen molar-refractivity contribution in [1.82, 2.24) is 4.90 Å². The maximum Gasteiger partial charge on any atom is 0.269 e. The number of halogens is 1. The molecule has 0 radical (unpaired) electrons. The molecular formula is C20H17ClN2O5S2. The molecule has 30 heavy (non-hydrogen) atoms. The average molecular weight is 465 g/mol. The Labute approximate surface area is 187 Å². The molecule has 2 aromatic carbocycles. The summed E-state index contributed by atoms with van der Waals surface area (Å²) in [5, 5.41) is 11.1. The normalized spacial score (nSPS) is 15.0. The van der Waals surface area contributed by atoms with Gasteiger partial charge in [-0.25, -0.2) is 0 Å². The number of nitrogens with zero attached hydrogens (tertiary/aromatic N) is 2. The molecule has 10 heteroatoms. The smallest absolute Gasteiger partial charge is 0.269 e. The molecule has 0 saturated carbocycles. The molecule has 0 N–H and O–H groups in total. The van der Waals surface area contributed by atoms with Crippen molar-refractivity contribution in [3.63, 3.8) is 0 Å². The van der Waals surface area contributed by atoms with Crippen molar-refractivity contribution >= 4 is 57.6 Å². The van der Waals surface area contributed by atoms with Crippen LogP contribution in [0.2, 0.25) is 5.02 Å². The van der Waals surface area contributed by atoms with E-state index in [1.165, 1.54) is 28.8 Å². The first-order valence-corrected chi connectivity index (χ1v) is 10.4. The van der Waals surface area contributed by atoms with Gasteiger partial charge in [-0.2, -0.15) is 0 Å². The Balaban J connectivity index is 1.84. The number of likely N-dealkylation sites (N-methyl/N-ethyl adjacent to an activating group) is 1. The van der Waals surface area contributed by atoms with Gasteiger partial charge in [-0.3, -0.25) is 19.8 Å². The van der Waals surface area contributed by atoms with Crippen LogP contribution >= 0.6 is 35.6 Å². The van der Waals surface area contributed by atoms with E-state index in [9.17, 15) is 14.9 Å². The molecule has 156 valence electrons. The van der Waals surface area contributed by atoms with Gasteiger partial charge in [0.1, 0.15) is 10.9 Å². The van der Waals surface area contributed by atoms with E-state index in [-0.39, 0.29) is 18.2 Å². The highest BCUT2D eigenvalue weighted by Crippen LogP contribution is 2.39. The van der Waals surface area contributed by atoms with Crippen LogP contribution in [0.3, 0.4) is 0 Å². The number of thiocarbonyl (C=S) groups is 1. The summed E-state index contributed by atoms with van der Waals surface area (Å²) in [4.78, 5) is 24.5. The number of non-ortho nitro benzene ring substituents is 1. The van der Waals surface area contributed by atoms with Crippen molar-refractivity contribution in [3.05, 3.63) is 67.6 Å². The molecule has 7 nitrogen and oxygen atoms in total. The summed E-state index contributed by atoms with van der Waals surface area (Å²) in [5.41, 5.74) is 1.43. The number of hydrogen-bond acceptors (Lipinski definition) is 7. The Morgan fingerprint density at radius 3 is 2.53 bits per heavy atom. The van der Waals surface area contributed by atoms with Gasteiger partial charge in [0.2, 0.25) is 0 Å². The predicted octanol–water partition coefficient (Wildman–Crippen LogP) is 5.06. The van der Waals surface area contributed by atoms with Crippen molar-refractivity contribution in [1.29, 1.82) is 0 Å². The van der Waals surface area contributed by atoms with Crippen LogP contribution in [0.1, 0.15) is 18.1 Å². The summed E-state index contributed by atoms with van der Waals surface area (Å²) in [5.74, 6) is 0.625. The van der Waals surface area contributed by atoms with Gasteiger partial charge in [0.25, 0.3) is 11.6 Å². The van der Waals surface area contributed by atoms with E-state index < -0.39 is 4.92 Å². The third kappa shape index (κ3) is 4.92. The van der Waals surface area contributed by atoms with Gasteiger partial charge in [0, 0.05) is 19.2 Å². The minimum atomic E-state index is -0.459. The van der Waals surface area contributed by atoms with E-state index in [0.717, 1.165) is 5.56 Å². The fourth-order valence-electron chi connectivity index (χ4n) is 2.64. The van der Waals surface area contributed by atoms with E-state index in [1.807, 2.05) is 6.92 Å². The van der Waals surface area contributed by atoms with E-state index in [0.29, 0.717) is 37.9 Å². The van der Waals surface area contributed by atoms with Gasteiger partial charge in [0.05, 0.1) is 21.5 Å². The van der Waals surface area contributed by atoms with Crippen molar-refractivity contribution < 1.29 is 19.2 Å². The van der Waals surface area contributed by atoms with Crippen LogP contribution in [-0.4, -0.2) is 33.7 Å². The number of amides is 1. The summed E-state index contributed by atoms with van der Waals surface area (Å²) in [6.07, 6.45) is 1.71. The van der Waals surface area contributed by atoms with Crippen LogP contribution in [0, 0.1) is 10.1 Å². The van der Waals surface area contributed by atoms with Gasteiger partial charge in [-0.1, -0.05) is 35.6 Å². The quantitative estimate of drug-likeness (QED) is 0.245. The molecule has 1 amide bonds. The Kier molecular flexibility index (Phi) is 6.96. The number of nitro groups is 1. The lowest BCUT2D eigenvalue weighted by Crippen LogP contribution is -2.22. The highest BCUT2D eigenvalue weighted by atomic mass is 35.5. The lowest BCUT2D eigenvalue weighted by atomic mass is 10.1. The van der Waals surface area contributed by atoms with Crippen LogP contribution in [0.4, 0.5) is 5.69 Å². The summed E-state index contributed by atoms with van der Waals surface area (Å²) < 4.78 is 12.0. The molecule has 0 aromatic heterocycles. The Morgan fingerprint density at radius 1 is 1.27 bits per heavy atom. The molecular weight excluding hydrogens is 448 g/mol. The standard InChI is InChI=1S/C20H17ClN2O5S2/c1-3-27-16-9-13(10-17-19(24)22(2)20(29)30-17)8-15(21)18(16)28-11-12-4-6-14(7-5-12)23(25)26/h4-10H,3,11H2,1-2H3/b17-10-. The first-order valence-electron chi connectivity index (χ1n) is 8.84. The molecule has 1 saturated heterocycles. The van der Waals surface area contributed by atoms with Crippen LogP contribution < -0.4 is 9.47 Å². The maximum absolute atomic E-state index is 12.2. The maximum atomic E-state index is 12.2. The fourth-order valence-corrected chi connectivity index (χ4v) is 4.09. The number of nitro benzene ring substituents is 1. The highest BCUT2D eigenvalue weighted by Gasteiger charge is 2.28. The summed E-state index contributed by atoms with van der Waals surface area (Å²) in [6, 6.07) is 9.48. The molecule has 2 aromatic rings. The minimum absolute atomic E-state index is 0.00799. The van der Waals surface area contributed by atoms with E-state index in [4.69, 9.17) is 33.3 Å². The number of rotatable bonds is 7. The third-order valence-corrected chi connectivity index (χ3v) is 5.91. The molecule has 1 aliphatic heterocycles. The summed E-state index contributed by atoms with van der Waals surface area (Å²) in [6.45, 7) is 2.39. The van der Waals surface area contributed by atoms with Crippen LogP contribution in [-0.2, 0) is 11.4 Å². The highest BCUT2D eigenvalue weighted by molar-refractivity contribution is 8.26. The number of hydrogen-bond donors (Lipinski definition) is 0. The van der Waals surface area contributed by atoms with Gasteiger partial charge in [-0.05, 0) is 48.4 Å². The van der Waals surface area contributed by atoms with Crippen LogP contribution in [0.15, 0.2) is 41.3 Å². The number of ether oxygens (including phenoxy) is 2. The Morgan fingerprint density at radius 2 is 1.97 bits per heavy atom. The number of thioether (sulfide) groups is 1. The Bertz CT molecular complexity index is 1040. The van der Waals surface area contributed by atoms with E-state index in [2.05, 4.69) is 0 Å². The lowest BCUT2D eigenvalue weighted by Gasteiger charge is -2.14. The van der Waals surface area contributed by atoms with Gasteiger partial charge in [0.15, 0.2) is 11.5 Å². The summed E-state index contributed by atoms with van der Waals surface area (Å²) >= 11 is 12.8. The van der Waals surface area contributed by atoms with Crippen molar-refractivity contribution in [2.75, 3.05) is 13.7 Å². The number of carbonyl (C=O) groups excluding carboxylic acids is 1. The lowest BCUT2D eigenvalue weighted by molar-refractivity contribution is -0.384. The molecule has 0 unspecified atom stereocenters. The minimum Gasteiger partial charge on any atom is -0.490 e. The second-order valence-electron chi connectivity index (χ2n) is 6.22.